The number of carbonyl (C=O) groups excluding carboxylic acids is 3. The molecule has 8 heterocycles. The van der Waals surface area contributed by atoms with E-state index in [1.807, 2.05) is 82.6 Å². The van der Waals surface area contributed by atoms with Crippen molar-refractivity contribution in [3.05, 3.63) is 88.9 Å². The molecule has 19 heteroatoms. The van der Waals surface area contributed by atoms with E-state index in [1.165, 1.54) is 4.90 Å². The van der Waals surface area contributed by atoms with Crippen LogP contribution < -0.4 is 25.6 Å². The molecule has 5 saturated heterocycles. The zero-order valence-corrected chi connectivity index (χ0v) is 47.7. The number of aliphatic hydroxyl groups is 1. The van der Waals surface area contributed by atoms with Crippen molar-refractivity contribution in [2.75, 3.05) is 70.4 Å². The first-order valence-electron chi connectivity index (χ1n) is 28.7. The Morgan fingerprint density at radius 2 is 1.68 bits per heavy atom. The molecule has 80 heavy (non-hydrogen) atoms. The van der Waals surface area contributed by atoms with E-state index in [1.54, 1.807) is 29.7 Å². The number of likely N-dealkylation sites (tertiary alicyclic amines) is 3. The number of hydrogen-bond donors (Lipinski definition) is 5. The number of aryl methyl sites for hydroxylation is 2. The van der Waals surface area contributed by atoms with Crippen LogP contribution >= 0.6 is 11.3 Å². The third kappa shape index (κ3) is 11.8. The average molecular weight is 1110 g/mol. The van der Waals surface area contributed by atoms with Crippen LogP contribution in [-0.2, 0) is 20.8 Å². The number of ether oxygens (including phenoxy) is 1. The van der Waals surface area contributed by atoms with E-state index in [4.69, 9.17) is 19.7 Å². The SMILES string of the molecule is CCc1cccc2cc(O)cc(-c3ncc4c(N5CC6CCC(C5)N6)nc(OCCN5CCC(CC6CN(CC(=O)N[C@H](C(=O)N7C[C@H](O)C[C@H]7C(=O)N[C@@H](C)c7ccc(-c8scnc8C)cc7)C(C)(C)C)C6)CC5)nc4c3F)c12. The predicted octanol–water partition coefficient (Wildman–Crippen LogP) is 7.41. The third-order valence-corrected chi connectivity index (χ3v) is 18.3. The first kappa shape index (κ1) is 55.5. The summed E-state index contributed by atoms with van der Waals surface area (Å²) in [5, 5.41) is 33.5. The van der Waals surface area contributed by atoms with Crippen molar-refractivity contribution in [2.24, 2.45) is 17.3 Å². The van der Waals surface area contributed by atoms with Gasteiger partial charge in [-0.3, -0.25) is 29.2 Å². The number of fused-ring (bicyclic) bond motifs is 4. The van der Waals surface area contributed by atoms with Gasteiger partial charge in [0.1, 0.15) is 41.5 Å². The highest BCUT2D eigenvalue weighted by molar-refractivity contribution is 7.13. The summed E-state index contributed by atoms with van der Waals surface area (Å²) in [5.74, 6) is 0.194. The molecular formula is C61H76FN11O6S. The summed E-state index contributed by atoms with van der Waals surface area (Å²) < 4.78 is 23.4. The average Bonchev–Trinajstić information content (AvgIpc) is 4.18. The smallest absolute Gasteiger partial charge is 0.319 e. The van der Waals surface area contributed by atoms with Gasteiger partial charge in [0.25, 0.3) is 0 Å². The van der Waals surface area contributed by atoms with Crippen LogP contribution in [-0.4, -0.2) is 158 Å². The fraction of sp³-hybridized carbons (Fsp3) is 0.525. The molecule has 17 nitrogen and oxygen atoms in total. The number of amides is 3. The number of nitrogens with one attached hydrogen (secondary N) is 3. The maximum absolute atomic E-state index is 17.1. The zero-order chi connectivity index (χ0) is 56.0. The minimum atomic E-state index is -0.894. The number of phenols is 1. The molecule has 3 aromatic carbocycles. The van der Waals surface area contributed by atoms with Crippen LogP contribution in [0, 0.1) is 30.0 Å². The molecule has 5 N–H and O–H groups in total. The molecule has 2 bridgehead atoms. The molecule has 5 aliphatic heterocycles. The number of β-amino-alcohol motifs (C(OH)–C–C–N with tert-alkyl or cyclic N) is 1. The number of hydrogen-bond acceptors (Lipinski definition) is 15. The van der Waals surface area contributed by atoms with Crippen LogP contribution in [0.3, 0.4) is 0 Å². The number of rotatable bonds is 17. The number of anilines is 1. The minimum absolute atomic E-state index is 0.0135. The van der Waals surface area contributed by atoms with Crippen LogP contribution in [0.15, 0.2) is 66.3 Å². The topological polar surface area (TPSA) is 202 Å². The Kier molecular flexibility index (Phi) is 16.1. The van der Waals surface area contributed by atoms with Crippen molar-refractivity contribution in [3.8, 4) is 33.5 Å². The highest BCUT2D eigenvalue weighted by Gasteiger charge is 2.45. The number of thiazole rings is 1. The third-order valence-electron chi connectivity index (χ3n) is 17.3. The molecule has 3 aromatic heterocycles. The molecule has 6 aromatic rings. The van der Waals surface area contributed by atoms with Gasteiger partial charge >= 0.3 is 6.01 Å². The van der Waals surface area contributed by atoms with Crippen molar-refractivity contribution >= 4 is 56.6 Å². The molecule has 0 radical (unpaired) electrons. The lowest BCUT2D eigenvalue weighted by molar-refractivity contribution is -0.144. The second kappa shape index (κ2) is 23.2. The zero-order valence-electron chi connectivity index (χ0n) is 46.9. The molecule has 424 valence electrons. The number of benzene rings is 3. The lowest BCUT2D eigenvalue weighted by atomic mass is 9.83. The Hall–Kier alpha value is -6.38. The van der Waals surface area contributed by atoms with Gasteiger partial charge in [-0.05, 0) is 122 Å². The largest absolute Gasteiger partial charge is 0.508 e. The Labute approximate surface area is 471 Å². The molecule has 0 saturated carbocycles. The standard InChI is InChI=1S/C61H76FN11O6S/c1-7-39-9-8-10-42-24-45(74)25-47(51(39)42)53-52(62)54-48(27-63-53)57(72-30-43-15-16-44(31-72)66-43)69-60(68-54)79-22-21-70-19-17-37(18-20-70)23-38-28-71(29-38)33-50(76)67-56(61(4,5)6)59(78)73-32-46(75)26-49(73)58(77)65-35(2)40-11-13-41(14-12-40)55-36(3)64-34-80-55/h8-14,24-25,27,34-35,37-38,43-44,46,49,56,66,74-75H,7,15-23,26,28-33H2,1-6H3,(H,65,77)(H,67,76)/t35-,43?,44?,46+,49-,56+/m0/s1. The summed E-state index contributed by atoms with van der Waals surface area (Å²) >= 11 is 1.58. The number of aromatic hydroxyl groups is 1. The Morgan fingerprint density at radius 3 is 2.38 bits per heavy atom. The summed E-state index contributed by atoms with van der Waals surface area (Å²) in [4.78, 5) is 69.8. The lowest BCUT2D eigenvalue weighted by Gasteiger charge is -2.42. The van der Waals surface area contributed by atoms with Crippen LogP contribution in [0.1, 0.15) is 96.0 Å². The number of aliphatic hydroxyl groups excluding tert-OH is 1. The van der Waals surface area contributed by atoms with E-state index >= 15 is 4.39 Å². The van der Waals surface area contributed by atoms with Crippen molar-refractivity contribution in [1.82, 2.24) is 50.6 Å². The van der Waals surface area contributed by atoms with Gasteiger partial charge in [-0.1, -0.05) is 70.2 Å². The van der Waals surface area contributed by atoms with Gasteiger partial charge in [-0.2, -0.15) is 9.97 Å². The van der Waals surface area contributed by atoms with Gasteiger partial charge in [-0.25, -0.2) is 9.37 Å². The van der Waals surface area contributed by atoms with E-state index in [-0.39, 0.29) is 66.2 Å². The van der Waals surface area contributed by atoms with Crippen LogP contribution in [0.25, 0.3) is 43.4 Å². The van der Waals surface area contributed by atoms with Crippen LogP contribution in [0.2, 0.25) is 0 Å². The van der Waals surface area contributed by atoms with E-state index in [2.05, 4.69) is 42.6 Å². The van der Waals surface area contributed by atoms with E-state index < -0.39 is 29.4 Å². The first-order valence-corrected chi connectivity index (χ1v) is 29.6. The van der Waals surface area contributed by atoms with Gasteiger partial charge in [0.2, 0.25) is 17.7 Å². The molecule has 11 rings (SSSR count). The highest BCUT2D eigenvalue weighted by atomic mass is 32.1. The van der Waals surface area contributed by atoms with Gasteiger partial charge in [0.05, 0.1) is 40.2 Å². The molecule has 2 unspecified atom stereocenters. The Morgan fingerprint density at radius 1 is 0.925 bits per heavy atom. The van der Waals surface area contributed by atoms with Crippen molar-refractivity contribution in [2.45, 2.75) is 123 Å². The fourth-order valence-corrected chi connectivity index (χ4v) is 13.8. The Bertz CT molecular complexity index is 3240. The highest BCUT2D eigenvalue weighted by Crippen LogP contribution is 2.40. The second-order valence-electron chi connectivity index (χ2n) is 24.2. The number of pyridine rings is 1. The summed E-state index contributed by atoms with van der Waals surface area (Å²) in [6, 6.07) is 15.9. The normalized spacial score (nSPS) is 21.9. The molecule has 6 atom stereocenters. The van der Waals surface area contributed by atoms with Crippen molar-refractivity contribution in [3.63, 3.8) is 0 Å². The van der Waals surface area contributed by atoms with Crippen molar-refractivity contribution < 1.29 is 33.7 Å². The van der Waals surface area contributed by atoms with Crippen molar-refractivity contribution in [1.29, 1.82) is 0 Å². The maximum Gasteiger partial charge on any atom is 0.319 e. The van der Waals surface area contributed by atoms with Gasteiger partial charge in [-0.15, -0.1) is 11.3 Å². The predicted molar refractivity (Wildman–Crippen MR) is 309 cm³/mol. The quantitative estimate of drug-likeness (QED) is 0.0605. The number of nitrogens with zero attached hydrogens (tertiary/aromatic N) is 8. The molecule has 0 aliphatic carbocycles. The first-order chi connectivity index (χ1) is 38.5. The second-order valence-corrected chi connectivity index (χ2v) is 25.1. The van der Waals surface area contributed by atoms with Crippen LogP contribution in [0.5, 0.6) is 11.8 Å². The summed E-state index contributed by atoms with van der Waals surface area (Å²) in [7, 11) is 0. The van der Waals surface area contributed by atoms with Gasteiger partial charge < -0.3 is 40.7 Å². The van der Waals surface area contributed by atoms with Gasteiger partial charge in [0.15, 0.2) is 5.82 Å². The summed E-state index contributed by atoms with van der Waals surface area (Å²) in [5.41, 5.74) is 5.95. The molecule has 5 fully saturated rings. The summed E-state index contributed by atoms with van der Waals surface area (Å²) in [6.07, 6.45) is 7.03. The molecule has 3 amide bonds. The number of phenolic OH excluding ortho intramolecular Hbond substituents is 1. The molecular weight excluding hydrogens is 1030 g/mol. The lowest BCUT2D eigenvalue weighted by Crippen LogP contribution is -2.60. The monoisotopic (exact) mass is 1110 g/mol. The van der Waals surface area contributed by atoms with E-state index in [0.717, 1.165) is 116 Å². The fourth-order valence-electron chi connectivity index (χ4n) is 13.0. The number of aromatic nitrogens is 4. The Balaban J connectivity index is 0.657. The number of piperazine rings is 1. The molecule has 5 aliphatic rings. The number of carbonyl (C=O) groups is 3. The van der Waals surface area contributed by atoms with Gasteiger partial charge in [0, 0.05) is 69.5 Å². The maximum atomic E-state index is 17.1. The van der Waals surface area contributed by atoms with Crippen LogP contribution in [0.4, 0.5) is 10.2 Å². The van der Waals surface area contributed by atoms with E-state index in [0.29, 0.717) is 53.8 Å². The summed E-state index contributed by atoms with van der Waals surface area (Å²) in [6.45, 7) is 17.9. The number of halogens is 1. The minimum Gasteiger partial charge on any atom is -0.508 e. The van der Waals surface area contributed by atoms with E-state index in [9.17, 15) is 24.6 Å². The number of piperidine rings is 1. The molecule has 0 spiro atoms.